The minimum absolute atomic E-state index is 0.0354. The second-order valence-electron chi connectivity index (χ2n) is 5.68. The van der Waals surface area contributed by atoms with E-state index in [1.807, 2.05) is 12.1 Å². The third kappa shape index (κ3) is 2.37. The van der Waals surface area contributed by atoms with Crippen molar-refractivity contribution in [3.8, 4) is 0 Å². The van der Waals surface area contributed by atoms with Crippen LogP contribution >= 0.6 is 0 Å². The van der Waals surface area contributed by atoms with Crippen molar-refractivity contribution in [2.75, 3.05) is 18.0 Å². The van der Waals surface area contributed by atoms with Crippen LogP contribution in [0.4, 0.5) is 5.82 Å². The summed E-state index contributed by atoms with van der Waals surface area (Å²) in [5.41, 5.74) is 0.776. The zero-order valence-electron chi connectivity index (χ0n) is 10.9. The smallest absolute Gasteiger partial charge is 0.128 e. The third-order valence-electron chi connectivity index (χ3n) is 4.57. The van der Waals surface area contributed by atoms with Gasteiger partial charge in [0.1, 0.15) is 5.82 Å². The van der Waals surface area contributed by atoms with Gasteiger partial charge in [-0.15, -0.1) is 0 Å². The van der Waals surface area contributed by atoms with Crippen LogP contribution in [0, 0.1) is 11.8 Å². The molecule has 3 rings (SSSR count). The maximum atomic E-state index is 9.17. The largest absolute Gasteiger partial charge is 0.390 e. The molecule has 98 valence electrons. The summed E-state index contributed by atoms with van der Waals surface area (Å²) >= 11 is 0. The molecule has 2 atom stereocenters. The summed E-state index contributed by atoms with van der Waals surface area (Å²) in [6.45, 7) is 2.32. The standard InChI is InChI=1S/C15H22N2O/c18-11-14-6-3-7-15(16-14)17-9-8-12-4-1-2-5-13(12)10-17/h3,6-7,12-13,18H,1-2,4-5,8-11H2. The quantitative estimate of drug-likeness (QED) is 0.871. The summed E-state index contributed by atoms with van der Waals surface area (Å²) in [6.07, 6.45) is 6.97. The van der Waals surface area contributed by atoms with Gasteiger partial charge in [-0.05, 0) is 36.8 Å². The van der Waals surface area contributed by atoms with Gasteiger partial charge in [-0.3, -0.25) is 0 Å². The Morgan fingerprint density at radius 2 is 2.00 bits per heavy atom. The number of hydrogen-bond donors (Lipinski definition) is 1. The predicted octanol–water partition coefficient (Wildman–Crippen LogP) is 2.59. The highest BCUT2D eigenvalue weighted by Gasteiger charge is 2.31. The summed E-state index contributed by atoms with van der Waals surface area (Å²) in [7, 11) is 0. The Labute approximate surface area is 109 Å². The molecular weight excluding hydrogens is 224 g/mol. The van der Waals surface area contributed by atoms with Crippen molar-refractivity contribution in [3.05, 3.63) is 23.9 Å². The van der Waals surface area contributed by atoms with Crippen molar-refractivity contribution in [2.45, 2.75) is 38.7 Å². The van der Waals surface area contributed by atoms with Gasteiger partial charge >= 0.3 is 0 Å². The Balaban J connectivity index is 1.72. The molecule has 1 aliphatic heterocycles. The number of piperidine rings is 1. The number of hydrogen-bond acceptors (Lipinski definition) is 3. The number of nitrogens with zero attached hydrogens (tertiary/aromatic N) is 2. The van der Waals surface area contributed by atoms with Crippen LogP contribution in [0.15, 0.2) is 18.2 Å². The minimum Gasteiger partial charge on any atom is -0.390 e. The van der Waals surface area contributed by atoms with Crippen molar-refractivity contribution >= 4 is 5.82 Å². The SMILES string of the molecule is OCc1cccc(N2CCC3CCCCC3C2)n1. The molecule has 0 spiro atoms. The molecule has 3 heteroatoms. The number of aliphatic hydroxyl groups is 1. The lowest BCUT2D eigenvalue weighted by Gasteiger charge is -2.41. The maximum absolute atomic E-state index is 9.17. The maximum Gasteiger partial charge on any atom is 0.128 e. The number of rotatable bonds is 2. The number of aromatic nitrogens is 1. The molecule has 1 saturated carbocycles. The molecule has 1 aliphatic carbocycles. The lowest BCUT2D eigenvalue weighted by atomic mass is 9.75. The molecule has 1 aromatic heterocycles. The van der Waals surface area contributed by atoms with Crippen molar-refractivity contribution in [1.82, 2.24) is 4.98 Å². The summed E-state index contributed by atoms with van der Waals surface area (Å²) in [5.74, 6) is 2.87. The Morgan fingerprint density at radius 1 is 1.17 bits per heavy atom. The molecule has 18 heavy (non-hydrogen) atoms. The summed E-state index contributed by atoms with van der Waals surface area (Å²) < 4.78 is 0. The van der Waals surface area contributed by atoms with Crippen molar-refractivity contribution in [1.29, 1.82) is 0 Å². The molecule has 2 heterocycles. The van der Waals surface area contributed by atoms with Crippen LogP contribution < -0.4 is 4.90 Å². The molecule has 0 aromatic carbocycles. The van der Waals surface area contributed by atoms with Gasteiger partial charge in [0, 0.05) is 13.1 Å². The van der Waals surface area contributed by atoms with Gasteiger partial charge in [-0.25, -0.2) is 4.98 Å². The van der Waals surface area contributed by atoms with Crippen LogP contribution in [0.25, 0.3) is 0 Å². The topological polar surface area (TPSA) is 36.4 Å². The third-order valence-corrected chi connectivity index (χ3v) is 4.57. The summed E-state index contributed by atoms with van der Waals surface area (Å²) in [4.78, 5) is 6.94. The molecule has 2 fully saturated rings. The molecule has 0 amide bonds. The molecule has 3 nitrogen and oxygen atoms in total. The van der Waals surface area contributed by atoms with Gasteiger partial charge in [-0.1, -0.05) is 25.3 Å². The molecule has 2 aliphatic rings. The van der Waals surface area contributed by atoms with E-state index in [2.05, 4.69) is 16.0 Å². The fraction of sp³-hybridized carbons (Fsp3) is 0.667. The van der Waals surface area contributed by atoms with E-state index in [9.17, 15) is 0 Å². The molecule has 2 unspecified atom stereocenters. The molecular formula is C15H22N2O. The van der Waals surface area contributed by atoms with Crippen molar-refractivity contribution in [2.24, 2.45) is 11.8 Å². The second kappa shape index (κ2) is 5.27. The molecule has 0 radical (unpaired) electrons. The van der Waals surface area contributed by atoms with Gasteiger partial charge in [0.15, 0.2) is 0 Å². The average molecular weight is 246 g/mol. The van der Waals surface area contributed by atoms with Gasteiger partial charge in [0.2, 0.25) is 0 Å². The van der Waals surface area contributed by atoms with Crippen LogP contribution in [0.2, 0.25) is 0 Å². The van der Waals surface area contributed by atoms with E-state index in [-0.39, 0.29) is 6.61 Å². The van der Waals surface area contributed by atoms with Crippen LogP contribution in [-0.2, 0) is 6.61 Å². The fourth-order valence-corrected chi connectivity index (χ4v) is 3.54. The van der Waals surface area contributed by atoms with Gasteiger partial charge in [0.25, 0.3) is 0 Å². The Hall–Kier alpha value is -1.09. The normalized spacial score (nSPS) is 27.9. The average Bonchev–Trinajstić information content (AvgIpc) is 2.47. The van der Waals surface area contributed by atoms with Crippen molar-refractivity contribution in [3.63, 3.8) is 0 Å². The Morgan fingerprint density at radius 3 is 2.83 bits per heavy atom. The van der Waals surface area contributed by atoms with Gasteiger partial charge in [0.05, 0.1) is 12.3 Å². The zero-order valence-corrected chi connectivity index (χ0v) is 10.9. The minimum atomic E-state index is 0.0354. The van der Waals surface area contributed by atoms with Crippen molar-refractivity contribution < 1.29 is 5.11 Å². The second-order valence-corrected chi connectivity index (χ2v) is 5.68. The van der Waals surface area contributed by atoms with E-state index in [1.54, 1.807) is 0 Å². The molecule has 1 aromatic rings. The highest BCUT2D eigenvalue weighted by atomic mass is 16.3. The van der Waals surface area contributed by atoms with Gasteiger partial charge < -0.3 is 10.0 Å². The van der Waals surface area contributed by atoms with Crippen LogP contribution in [-0.4, -0.2) is 23.2 Å². The Kier molecular flexibility index (Phi) is 3.50. The summed E-state index contributed by atoms with van der Waals surface area (Å²) in [6, 6.07) is 5.96. The van der Waals surface area contributed by atoms with E-state index in [0.717, 1.165) is 36.4 Å². The number of anilines is 1. The van der Waals surface area contributed by atoms with Crippen LogP contribution in [0.5, 0.6) is 0 Å². The van der Waals surface area contributed by atoms with E-state index < -0.39 is 0 Å². The lowest BCUT2D eigenvalue weighted by molar-refractivity contribution is 0.202. The van der Waals surface area contributed by atoms with E-state index in [0.29, 0.717) is 0 Å². The molecule has 1 saturated heterocycles. The lowest BCUT2D eigenvalue weighted by Crippen LogP contribution is -2.42. The highest BCUT2D eigenvalue weighted by Crippen LogP contribution is 2.37. The molecule has 0 bridgehead atoms. The first kappa shape index (κ1) is 12.0. The summed E-state index contributed by atoms with van der Waals surface area (Å²) in [5, 5.41) is 9.17. The zero-order chi connectivity index (χ0) is 12.4. The van der Waals surface area contributed by atoms with Gasteiger partial charge in [-0.2, -0.15) is 0 Å². The fourth-order valence-electron chi connectivity index (χ4n) is 3.54. The number of aliphatic hydroxyl groups excluding tert-OH is 1. The first-order valence-electron chi connectivity index (χ1n) is 7.18. The first-order chi connectivity index (χ1) is 8.86. The van der Waals surface area contributed by atoms with Crippen LogP contribution in [0.3, 0.4) is 0 Å². The predicted molar refractivity (Wildman–Crippen MR) is 72.4 cm³/mol. The Bertz CT molecular complexity index is 407. The first-order valence-corrected chi connectivity index (χ1v) is 7.18. The monoisotopic (exact) mass is 246 g/mol. The molecule has 1 N–H and O–H groups in total. The number of fused-ring (bicyclic) bond motifs is 1. The van der Waals surface area contributed by atoms with E-state index in [1.165, 1.54) is 32.1 Å². The van der Waals surface area contributed by atoms with E-state index >= 15 is 0 Å². The highest BCUT2D eigenvalue weighted by molar-refractivity contribution is 5.40. The van der Waals surface area contributed by atoms with Crippen LogP contribution in [0.1, 0.15) is 37.8 Å². The number of pyridine rings is 1. The van der Waals surface area contributed by atoms with E-state index in [4.69, 9.17) is 5.11 Å².